The zero-order chi connectivity index (χ0) is 18.4. The molecule has 0 spiro atoms. The van der Waals surface area contributed by atoms with Gasteiger partial charge in [0.2, 0.25) is 0 Å². The molecule has 5 nitrogen and oxygen atoms in total. The van der Waals surface area contributed by atoms with E-state index < -0.39 is 9.84 Å². The van der Waals surface area contributed by atoms with Gasteiger partial charge in [0.15, 0.2) is 9.84 Å². The van der Waals surface area contributed by atoms with E-state index in [-0.39, 0.29) is 10.8 Å². The Labute approximate surface area is 148 Å². The normalized spacial score (nSPS) is 11.5. The standard InChI is InChI=1S/C19H21NO4S/c1-4-24-18-8-6-5-7-15(18)9-14-19(21)20(2)16-10-12-17(13-11-16)25(3,22)23/h5-14H,4H2,1-3H3/b14-9+. The van der Waals surface area contributed by atoms with Gasteiger partial charge in [-0.15, -0.1) is 0 Å². The van der Waals surface area contributed by atoms with E-state index in [0.717, 1.165) is 11.8 Å². The van der Waals surface area contributed by atoms with Crippen molar-refractivity contribution in [2.45, 2.75) is 11.8 Å². The first-order chi connectivity index (χ1) is 11.8. The second kappa shape index (κ2) is 7.98. The lowest BCUT2D eigenvalue weighted by atomic mass is 10.2. The fourth-order valence-corrected chi connectivity index (χ4v) is 2.85. The van der Waals surface area contributed by atoms with Crippen LogP contribution in [0, 0.1) is 0 Å². The number of benzene rings is 2. The van der Waals surface area contributed by atoms with Crippen molar-refractivity contribution >= 4 is 27.5 Å². The SMILES string of the molecule is CCOc1ccccc1/C=C/C(=O)N(C)c1ccc(S(C)(=O)=O)cc1. The smallest absolute Gasteiger partial charge is 0.250 e. The van der Waals surface area contributed by atoms with Gasteiger partial charge < -0.3 is 9.64 Å². The Balaban J connectivity index is 2.15. The minimum Gasteiger partial charge on any atom is -0.493 e. The zero-order valence-electron chi connectivity index (χ0n) is 14.5. The summed E-state index contributed by atoms with van der Waals surface area (Å²) >= 11 is 0. The highest BCUT2D eigenvalue weighted by molar-refractivity contribution is 7.90. The first-order valence-corrected chi connectivity index (χ1v) is 9.69. The Bertz CT molecular complexity index is 871. The number of nitrogens with zero attached hydrogens (tertiary/aromatic N) is 1. The van der Waals surface area contributed by atoms with Crippen LogP contribution in [0.25, 0.3) is 6.08 Å². The highest BCUT2D eigenvalue weighted by Crippen LogP contribution is 2.20. The minimum atomic E-state index is -3.25. The average molecular weight is 359 g/mol. The van der Waals surface area contributed by atoms with Crippen LogP contribution in [-0.2, 0) is 14.6 Å². The Hall–Kier alpha value is -2.60. The summed E-state index contributed by atoms with van der Waals surface area (Å²) in [7, 11) is -1.62. The molecule has 0 bridgehead atoms. The van der Waals surface area contributed by atoms with Crippen LogP contribution in [-0.4, -0.2) is 34.2 Å². The van der Waals surface area contributed by atoms with Gasteiger partial charge in [-0.2, -0.15) is 0 Å². The highest BCUT2D eigenvalue weighted by Gasteiger charge is 2.11. The quantitative estimate of drug-likeness (QED) is 0.743. The number of sulfone groups is 1. The predicted octanol–water partition coefficient (Wildman–Crippen LogP) is 3.17. The molecule has 0 aliphatic rings. The number of hydrogen-bond donors (Lipinski definition) is 0. The summed E-state index contributed by atoms with van der Waals surface area (Å²) in [5.41, 5.74) is 1.43. The maximum absolute atomic E-state index is 12.3. The van der Waals surface area contributed by atoms with Crippen molar-refractivity contribution in [2.24, 2.45) is 0 Å². The zero-order valence-corrected chi connectivity index (χ0v) is 15.3. The number of hydrogen-bond acceptors (Lipinski definition) is 4. The Kier molecular flexibility index (Phi) is 5.98. The first-order valence-electron chi connectivity index (χ1n) is 7.80. The fourth-order valence-electron chi connectivity index (χ4n) is 2.22. The van der Waals surface area contributed by atoms with E-state index in [1.54, 1.807) is 25.3 Å². The largest absolute Gasteiger partial charge is 0.493 e. The number of carbonyl (C=O) groups excluding carboxylic acids is 1. The molecule has 0 unspecified atom stereocenters. The monoisotopic (exact) mass is 359 g/mol. The molecule has 0 saturated carbocycles. The van der Waals surface area contributed by atoms with Crippen molar-refractivity contribution < 1.29 is 17.9 Å². The summed E-state index contributed by atoms with van der Waals surface area (Å²) < 4.78 is 28.5. The lowest BCUT2D eigenvalue weighted by Crippen LogP contribution is -2.23. The van der Waals surface area contributed by atoms with Crippen LogP contribution in [0.3, 0.4) is 0 Å². The molecule has 0 atom stereocenters. The third-order valence-electron chi connectivity index (χ3n) is 3.61. The van der Waals surface area contributed by atoms with E-state index in [1.165, 1.54) is 23.1 Å². The Morgan fingerprint density at radius 1 is 1.12 bits per heavy atom. The summed E-state index contributed by atoms with van der Waals surface area (Å²) in [6.45, 7) is 2.45. The van der Waals surface area contributed by atoms with Crippen LogP contribution >= 0.6 is 0 Å². The van der Waals surface area contributed by atoms with E-state index in [2.05, 4.69) is 0 Å². The third-order valence-corrected chi connectivity index (χ3v) is 4.74. The van der Waals surface area contributed by atoms with Gasteiger partial charge in [-0.3, -0.25) is 4.79 Å². The second-order valence-electron chi connectivity index (χ2n) is 5.47. The maximum Gasteiger partial charge on any atom is 0.250 e. The van der Waals surface area contributed by atoms with Gasteiger partial charge >= 0.3 is 0 Å². The summed E-state index contributed by atoms with van der Waals surface area (Å²) in [4.78, 5) is 14.0. The van der Waals surface area contributed by atoms with Crippen molar-refractivity contribution in [3.8, 4) is 5.75 Å². The second-order valence-corrected chi connectivity index (χ2v) is 7.48. The molecule has 0 aliphatic heterocycles. The number of likely N-dealkylation sites (N-methyl/N-ethyl adjacent to an activating group) is 1. The molecule has 0 fully saturated rings. The van der Waals surface area contributed by atoms with Gasteiger partial charge in [0.1, 0.15) is 5.75 Å². The minimum absolute atomic E-state index is 0.221. The molecule has 25 heavy (non-hydrogen) atoms. The summed E-state index contributed by atoms with van der Waals surface area (Å²) in [5.74, 6) is 0.493. The van der Waals surface area contributed by atoms with Crippen molar-refractivity contribution in [3.05, 3.63) is 60.2 Å². The molecule has 132 valence electrons. The van der Waals surface area contributed by atoms with Crippen LogP contribution in [0.5, 0.6) is 5.75 Å². The summed E-state index contributed by atoms with van der Waals surface area (Å²) in [6.07, 6.45) is 4.31. The molecule has 0 aromatic heterocycles. The van der Waals surface area contributed by atoms with Crippen molar-refractivity contribution in [2.75, 3.05) is 24.8 Å². The Morgan fingerprint density at radius 2 is 1.76 bits per heavy atom. The fraction of sp³-hybridized carbons (Fsp3) is 0.211. The first kappa shape index (κ1) is 18.7. The highest BCUT2D eigenvalue weighted by atomic mass is 32.2. The van der Waals surface area contributed by atoms with E-state index in [1.807, 2.05) is 31.2 Å². The van der Waals surface area contributed by atoms with Gasteiger partial charge in [-0.25, -0.2) is 8.42 Å². The maximum atomic E-state index is 12.3. The molecule has 0 saturated heterocycles. The summed E-state index contributed by atoms with van der Waals surface area (Å²) in [6, 6.07) is 13.7. The average Bonchev–Trinajstić information content (AvgIpc) is 2.59. The molecule has 0 N–H and O–H groups in total. The van der Waals surface area contributed by atoms with E-state index in [9.17, 15) is 13.2 Å². The molecule has 0 radical (unpaired) electrons. The van der Waals surface area contributed by atoms with Crippen molar-refractivity contribution in [1.29, 1.82) is 0 Å². The number of para-hydroxylation sites is 1. The number of amides is 1. The molecule has 1 amide bonds. The van der Waals surface area contributed by atoms with Crippen LogP contribution < -0.4 is 9.64 Å². The molecule has 2 aromatic rings. The number of carbonyl (C=O) groups is 1. The number of ether oxygens (including phenoxy) is 1. The van der Waals surface area contributed by atoms with Crippen LogP contribution in [0.2, 0.25) is 0 Å². The third kappa shape index (κ3) is 4.93. The molecule has 0 heterocycles. The Morgan fingerprint density at radius 3 is 2.36 bits per heavy atom. The predicted molar refractivity (Wildman–Crippen MR) is 99.6 cm³/mol. The van der Waals surface area contributed by atoms with Crippen molar-refractivity contribution in [1.82, 2.24) is 0 Å². The number of anilines is 1. The van der Waals surface area contributed by atoms with E-state index >= 15 is 0 Å². The van der Waals surface area contributed by atoms with Gasteiger partial charge in [-0.1, -0.05) is 18.2 Å². The van der Waals surface area contributed by atoms with Gasteiger partial charge in [0.25, 0.3) is 5.91 Å². The number of rotatable bonds is 6. The van der Waals surface area contributed by atoms with E-state index in [0.29, 0.717) is 18.0 Å². The summed E-state index contributed by atoms with van der Waals surface area (Å²) in [5, 5.41) is 0. The van der Waals surface area contributed by atoms with Crippen LogP contribution in [0.4, 0.5) is 5.69 Å². The lowest BCUT2D eigenvalue weighted by molar-refractivity contribution is -0.113. The van der Waals surface area contributed by atoms with E-state index in [4.69, 9.17) is 4.74 Å². The van der Waals surface area contributed by atoms with Gasteiger partial charge in [-0.05, 0) is 43.3 Å². The van der Waals surface area contributed by atoms with Crippen LogP contribution in [0.1, 0.15) is 12.5 Å². The molecular weight excluding hydrogens is 338 g/mol. The molecule has 6 heteroatoms. The molecule has 2 aromatic carbocycles. The molecule has 0 aliphatic carbocycles. The van der Waals surface area contributed by atoms with Gasteiger partial charge in [0.05, 0.1) is 11.5 Å². The van der Waals surface area contributed by atoms with Crippen molar-refractivity contribution in [3.63, 3.8) is 0 Å². The lowest BCUT2D eigenvalue weighted by Gasteiger charge is -2.15. The molecule has 2 rings (SSSR count). The molecular formula is C19H21NO4S. The van der Waals surface area contributed by atoms with Crippen LogP contribution in [0.15, 0.2) is 59.5 Å². The van der Waals surface area contributed by atoms with Gasteiger partial charge in [0, 0.05) is 30.6 Å². The topological polar surface area (TPSA) is 63.7 Å².